The van der Waals surface area contributed by atoms with E-state index in [9.17, 15) is 0 Å². The zero-order chi connectivity index (χ0) is 11.1. The van der Waals surface area contributed by atoms with E-state index in [0.29, 0.717) is 5.92 Å². The van der Waals surface area contributed by atoms with E-state index in [1.807, 2.05) is 0 Å². The molecule has 0 saturated heterocycles. The highest BCUT2D eigenvalue weighted by atomic mass is 35.5. The van der Waals surface area contributed by atoms with E-state index >= 15 is 0 Å². The lowest BCUT2D eigenvalue weighted by Gasteiger charge is -2.24. The van der Waals surface area contributed by atoms with Gasteiger partial charge in [-0.05, 0) is 30.6 Å². The molecular formula is C12H25ClO. The highest BCUT2D eigenvalue weighted by Crippen LogP contribution is 2.25. The summed E-state index contributed by atoms with van der Waals surface area (Å²) < 4.78 is 5.02. The van der Waals surface area contributed by atoms with Crippen LogP contribution in [0.4, 0.5) is 0 Å². The largest absolute Gasteiger partial charge is 0.276 e. The second-order valence-electron chi connectivity index (χ2n) is 4.99. The number of halogens is 1. The van der Waals surface area contributed by atoms with Crippen molar-refractivity contribution in [3.63, 3.8) is 0 Å². The lowest BCUT2D eigenvalue weighted by Crippen LogP contribution is -2.19. The highest BCUT2D eigenvalue weighted by Gasteiger charge is 2.19. The molecule has 0 spiro atoms. The summed E-state index contributed by atoms with van der Waals surface area (Å²) >= 11 is 5.52. The fourth-order valence-electron chi connectivity index (χ4n) is 1.94. The first-order valence-corrected chi connectivity index (χ1v) is 6.09. The van der Waals surface area contributed by atoms with Crippen LogP contribution in [-0.2, 0) is 4.29 Å². The Bertz CT molecular complexity index is 134. The maximum absolute atomic E-state index is 5.52. The highest BCUT2D eigenvalue weighted by molar-refractivity contribution is 6.07. The molecule has 0 aromatic heterocycles. The molecule has 0 aliphatic heterocycles. The van der Waals surface area contributed by atoms with Gasteiger partial charge in [-0.15, -0.1) is 0 Å². The Kier molecular flexibility index (Phi) is 7.66. The third-order valence-electron chi connectivity index (χ3n) is 2.89. The second kappa shape index (κ2) is 7.53. The molecule has 0 saturated carbocycles. The van der Waals surface area contributed by atoms with Gasteiger partial charge in [-0.3, -0.25) is 4.29 Å². The Labute approximate surface area is 94.3 Å². The third kappa shape index (κ3) is 5.87. The van der Waals surface area contributed by atoms with E-state index in [0.717, 1.165) is 24.7 Å². The van der Waals surface area contributed by atoms with Crippen LogP contribution >= 0.6 is 11.9 Å². The quantitative estimate of drug-likeness (QED) is 0.607. The molecule has 0 aliphatic rings. The second-order valence-corrected chi connectivity index (χ2v) is 5.17. The maximum atomic E-state index is 5.52. The first kappa shape index (κ1) is 14.2. The molecule has 0 radical (unpaired) electrons. The molecule has 14 heavy (non-hydrogen) atoms. The molecule has 0 aromatic rings. The predicted octanol–water partition coefficient (Wildman–Crippen LogP) is 4.64. The number of rotatable bonds is 7. The van der Waals surface area contributed by atoms with E-state index in [1.165, 1.54) is 6.42 Å². The fraction of sp³-hybridized carbons (Fsp3) is 1.00. The van der Waals surface area contributed by atoms with Gasteiger partial charge >= 0.3 is 0 Å². The summed E-state index contributed by atoms with van der Waals surface area (Å²) in [6, 6.07) is 0. The molecule has 2 atom stereocenters. The molecule has 1 nitrogen and oxygen atoms in total. The standard InChI is InChI=1S/C12H25ClO/c1-6-11(10(4)5)8-12(14-13)7-9(2)3/h9-12H,6-8H2,1-5H3. The monoisotopic (exact) mass is 220 g/mol. The van der Waals surface area contributed by atoms with Crippen LogP contribution in [0.2, 0.25) is 0 Å². The summed E-state index contributed by atoms with van der Waals surface area (Å²) in [5.74, 6) is 2.11. The van der Waals surface area contributed by atoms with Crippen LogP contribution in [0.1, 0.15) is 53.9 Å². The van der Waals surface area contributed by atoms with Crippen LogP contribution in [0.25, 0.3) is 0 Å². The van der Waals surface area contributed by atoms with Gasteiger partial charge in [0.1, 0.15) is 0 Å². The molecule has 0 fully saturated rings. The Morgan fingerprint density at radius 3 is 1.93 bits per heavy atom. The Morgan fingerprint density at radius 1 is 1.07 bits per heavy atom. The van der Waals surface area contributed by atoms with Crippen molar-refractivity contribution in [3.05, 3.63) is 0 Å². The molecule has 86 valence electrons. The Morgan fingerprint density at radius 2 is 1.64 bits per heavy atom. The van der Waals surface area contributed by atoms with Crippen molar-refractivity contribution in [2.24, 2.45) is 17.8 Å². The molecule has 0 heterocycles. The lowest BCUT2D eigenvalue weighted by molar-refractivity contribution is 0.141. The SMILES string of the molecule is CCC(CC(CC(C)C)OCl)C(C)C. The van der Waals surface area contributed by atoms with E-state index in [2.05, 4.69) is 34.6 Å². The Hall–Kier alpha value is 0.250. The van der Waals surface area contributed by atoms with Crippen LogP contribution in [0.3, 0.4) is 0 Å². The lowest BCUT2D eigenvalue weighted by atomic mass is 9.86. The molecule has 0 rings (SSSR count). The molecule has 0 amide bonds. The van der Waals surface area contributed by atoms with Crippen LogP contribution in [-0.4, -0.2) is 6.10 Å². The van der Waals surface area contributed by atoms with Gasteiger partial charge < -0.3 is 0 Å². The van der Waals surface area contributed by atoms with Gasteiger partial charge in [0.25, 0.3) is 0 Å². The third-order valence-corrected chi connectivity index (χ3v) is 3.15. The van der Waals surface area contributed by atoms with Crippen molar-refractivity contribution in [2.75, 3.05) is 0 Å². The molecular weight excluding hydrogens is 196 g/mol. The van der Waals surface area contributed by atoms with E-state index in [4.69, 9.17) is 16.2 Å². The normalized spacial score (nSPS) is 16.3. The molecule has 0 N–H and O–H groups in total. The van der Waals surface area contributed by atoms with Crippen LogP contribution in [0, 0.1) is 17.8 Å². The molecule has 0 aliphatic carbocycles. The average Bonchev–Trinajstić information content (AvgIpc) is 2.10. The van der Waals surface area contributed by atoms with E-state index < -0.39 is 0 Å². The summed E-state index contributed by atoms with van der Waals surface area (Å²) in [4.78, 5) is 0. The van der Waals surface area contributed by atoms with Gasteiger partial charge in [-0.1, -0.05) is 41.0 Å². The van der Waals surface area contributed by atoms with E-state index in [-0.39, 0.29) is 6.10 Å². The number of hydrogen-bond acceptors (Lipinski definition) is 1. The summed E-state index contributed by atoms with van der Waals surface area (Å²) in [6.07, 6.45) is 3.60. The zero-order valence-corrected chi connectivity index (χ0v) is 11.0. The molecule has 2 heteroatoms. The summed E-state index contributed by atoms with van der Waals surface area (Å²) in [6.45, 7) is 11.2. The van der Waals surface area contributed by atoms with Crippen molar-refractivity contribution in [3.8, 4) is 0 Å². The van der Waals surface area contributed by atoms with Gasteiger partial charge in [0.2, 0.25) is 0 Å². The zero-order valence-electron chi connectivity index (χ0n) is 10.2. The van der Waals surface area contributed by atoms with Crippen molar-refractivity contribution < 1.29 is 4.29 Å². The van der Waals surface area contributed by atoms with Crippen molar-refractivity contribution >= 4 is 11.9 Å². The average molecular weight is 221 g/mol. The summed E-state index contributed by atoms with van der Waals surface area (Å²) in [5.41, 5.74) is 0. The van der Waals surface area contributed by atoms with Crippen LogP contribution in [0.15, 0.2) is 0 Å². The van der Waals surface area contributed by atoms with Gasteiger partial charge in [-0.25, -0.2) is 0 Å². The predicted molar refractivity (Wildman–Crippen MR) is 63.4 cm³/mol. The fourth-order valence-corrected chi connectivity index (χ4v) is 2.09. The van der Waals surface area contributed by atoms with Gasteiger partial charge in [0.15, 0.2) is 0 Å². The van der Waals surface area contributed by atoms with Gasteiger partial charge in [0.05, 0.1) is 18.0 Å². The molecule has 0 bridgehead atoms. The first-order valence-electron chi connectivity index (χ1n) is 5.78. The van der Waals surface area contributed by atoms with Crippen LogP contribution in [0.5, 0.6) is 0 Å². The van der Waals surface area contributed by atoms with Crippen LogP contribution < -0.4 is 0 Å². The minimum atomic E-state index is 0.226. The molecule has 0 aromatic carbocycles. The van der Waals surface area contributed by atoms with Gasteiger partial charge in [-0.2, -0.15) is 0 Å². The van der Waals surface area contributed by atoms with Crippen molar-refractivity contribution in [1.82, 2.24) is 0 Å². The van der Waals surface area contributed by atoms with Crippen molar-refractivity contribution in [1.29, 1.82) is 0 Å². The first-order chi connectivity index (χ1) is 6.51. The smallest absolute Gasteiger partial charge is 0.0796 e. The maximum Gasteiger partial charge on any atom is 0.0796 e. The Balaban J connectivity index is 4.00. The van der Waals surface area contributed by atoms with Crippen molar-refractivity contribution in [2.45, 2.75) is 60.0 Å². The summed E-state index contributed by atoms with van der Waals surface area (Å²) in [5, 5.41) is 0. The van der Waals surface area contributed by atoms with Gasteiger partial charge in [0, 0.05) is 0 Å². The molecule has 2 unspecified atom stereocenters. The topological polar surface area (TPSA) is 9.23 Å². The minimum Gasteiger partial charge on any atom is -0.276 e. The summed E-state index contributed by atoms with van der Waals surface area (Å²) in [7, 11) is 0. The van der Waals surface area contributed by atoms with E-state index in [1.54, 1.807) is 0 Å². The number of hydrogen-bond donors (Lipinski definition) is 0. The minimum absolute atomic E-state index is 0.226.